The molecule has 0 radical (unpaired) electrons. The summed E-state index contributed by atoms with van der Waals surface area (Å²) in [7, 11) is 1.77. The summed E-state index contributed by atoms with van der Waals surface area (Å²) in [6, 6.07) is 15.5. The van der Waals surface area contributed by atoms with E-state index in [4.69, 9.17) is 0 Å². The molecule has 1 heterocycles. The molecular formula is C15H11IN2OS. The third-order valence-corrected chi connectivity index (χ3v) is 5.03. The van der Waals surface area contributed by atoms with Crippen LogP contribution in [0.4, 0.5) is 5.13 Å². The minimum absolute atomic E-state index is 0.0333. The second-order valence-electron chi connectivity index (χ2n) is 4.31. The van der Waals surface area contributed by atoms with Crippen molar-refractivity contribution >= 4 is 55.2 Å². The van der Waals surface area contributed by atoms with Crippen LogP contribution < -0.4 is 4.90 Å². The highest BCUT2D eigenvalue weighted by atomic mass is 127. The lowest BCUT2D eigenvalue weighted by Gasteiger charge is -2.14. The van der Waals surface area contributed by atoms with Gasteiger partial charge in [0.1, 0.15) is 0 Å². The van der Waals surface area contributed by atoms with Crippen molar-refractivity contribution in [2.45, 2.75) is 0 Å². The number of para-hydroxylation sites is 1. The fraction of sp³-hybridized carbons (Fsp3) is 0.0667. The van der Waals surface area contributed by atoms with E-state index in [1.807, 2.05) is 48.5 Å². The average molecular weight is 394 g/mol. The van der Waals surface area contributed by atoms with Crippen LogP contribution in [0.1, 0.15) is 10.4 Å². The summed E-state index contributed by atoms with van der Waals surface area (Å²) in [4.78, 5) is 18.7. The second kappa shape index (κ2) is 5.49. The van der Waals surface area contributed by atoms with Gasteiger partial charge in [-0.3, -0.25) is 9.69 Å². The molecule has 2 aromatic carbocycles. The molecule has 20 heavy (non-hydrogen) atoms. The third kappa shape index (κ3) is 2.43. The lowest BCUT2D eigenvalue weighted by atomic mass is 10.2. The Kier molecular flexibility index (Phi) is 3.71. The highest BCUT2D eigenvalue weighted by molar-refractivity contribution is 14.1. The predicted octanol–water partition coefficient (Wildman–Crippen LogP) is 4.18. The Hall–Kier alpha value is -1.47. The first-order valence-corrected chi connectivity index (χ1v) is 7.94. The Bertz CT molecular complexity index is 751. The van der Waals surface area contributed by atoms with Crippen molar-refractivity contribution in [2.75, 3.05) is 11.9 Å². The summed E-state index contributed by atoms with van der Waals surface area (Å²) in [5.74, 6) is -0.0333. The summed E-state index contributed by atoms with van der Waals surface area (Å²) in [6.07, 6.45) is 0. The minimum Gasteiger partial charge on any atom is -0.287 e. The Balaban J connectivity index is 1.98. The van der Waals surface area contributed by atoms with Crippen molar-refractivity contribution in [3.05, 3.63) is 57.7 Å². The van der Waals surface area contributed by atoms with Gasteiger partial charge in [-0.05, 0) is 46.9 Å². The SMILES string of the molecule is CN(C(=O)c1ccccc1I)c1nc2ccccc2s1. The van der Waals surface area contributed by atoms with E-state index in [1.165, 1.54) is 11.3 Å². The Morgan fingerprint density at radius 2 is 1.85 bits per heavy atom. The maximum Gasteiger partial charge on any atom is 0.260 e. The number of hydrogen-bond acceptors (Lipinski definition) is 3. The van der Waals surface area contributed by atoms with Gasteiger partial charge in [-0.1, -0.05) is 35.6 Å². The smallest absolute Gasteiger partial charge is 0.260 e. The second-order valence-corrected chi connectivity index (χ2v) is 6.48. The molecule has 1 amide bonds. The summed E-state index contributed by atoms with van der Waals surface area (Å²) >= 11 is 3.70. The summed E-state index contributed by atoms with van der Waals surface area (Å²) in [6.45, 7) is 0. The van der Waals surface area contributed by atoms with E-state index in [1.54, 1.807) is 11.9 Å². The molecule has 0 unspecified atom stereocenters. The molecule has 0 atom stereocenters. The summed E-state index contributed by atoms with van der Waals surface area (Å²) in [5.41, 5.74) is 1.63. The van der Waals surface area contributed by atoms with E-state index >= 15 is 0 Å². The van der Waals surface area contributed by atoms with Crippen molar-refractivity contribution in [2.24, 2.45) is 0 Å². The highest BCUT2D eigenvalue weighted by Gasteiger charge is 2.18. The largest absolute Gasteiger partial charge is 0.287 e. The van der Waals surface area contributed by atoms with Crippen molar-refractivity contribution in [3.63, 3.8) is 0 Å². The molecule has 5 heteroatoms. The van der Waals surface area contributed by atoms with Crippen molar-refractivity contribution in [3.8, 4) is 0 Å². The number of nitrogens with zero attached hydrogens (tertiary/aromatic N) is 2. The molecule has 0 saturated heterocycles. The van der Waals surface area contributed by atoms with Gasteiger partial charge < -0.3 is 0 Å². The number of thiazole rings is 1. The quantitative estimate of drug-likeness (QED) is 0.611. The van der Waals surface area contributed by atoms with Gasteiger partial charge in [0.15, 0.2) is 5.13 Å². The fourth-order valence-corrected chi connectivity index (χ4v) is 3.45. The van der Waals surface area contributed by atoms with Gasteiger partial charge in [0, 0.05) is 10.6 Å². The lowest BCUT2D eigenvalue weighted by molar-refractivity contribution is 0.0992. The fourth-order valence-electron chi connectivity index (χ4n) is 1.91. The summed E-state index contributed by atoms with van der Waals surface area (Å²) < 4.78 is 2.04. The standard InChI is InChI=1S/C15H11IN2OS/c1-18(14(19)10-6-2-3-7-11(10)16)15-17-12-8-4-5-9-13(12)20-15/h2-9H,1H3. The molecule has 100 valence electrons. The van der Waals surface area contributed by atoms with E-state index in [0.717, 1.165) is 18.9 Å². The molecule has 3 rings (SSSR count). The van der Waals surface area contributed by atoms with Crippen LogP contribution in [-0.4, -0.2) is 17.9 Å². The normalized spacial score (nSPS) is 10.7. The number of benzene rings is 2. The summed E-state index contributed by atoms with van der Waals surface area (Å²) in [5, 5.41) is 0.718. The molecule has 3 aromatic rings. The van der Waals surface area contributed by atoms with Gasteiger partial charge in [0.05, 0.1) is 15.8 Å². The first kappa shape index (κ1) is 13.5. The number of anilines is 1. The van der Waals surface area contributed by atoms with E-state index in [0.29, 0.717) is 5.56 Å². The Morgan fingerprint density at radius 1 is 1.15 bits per heavy atom. The number of aromatic nitrogens is 1. The molecule has 0 fully saturated rings. The van der Waals surface area contributed by atoms with Crippen molar-refractivity contribution < 1.29 is 4.79 Å². The zero-order valence-electron chi connectivity index (χ0n) is 10.7. The maximum atomic E-state index is 12.5. The molecule has 1 aromatic heterocycles. The zero-order valence-corrected chi connectivity index (χ0v) is 13.7. The van der Waals surface area contributed by atoms with Crippen LogP contribution in [0.2, 0.25) is 0 Å². The number of carbonyl (C=O) groups is 1. The van der Waals surface area contributed by atoms with Gasteiger partial charge in [0.2, 0.25) is 0 Å². The van der Waals surface area contributed by atoms with Gasteiger partial charge in [-0.15, -0.1) is 0 Å². The lowest BCUT2D eigenvalue weighted by Crippen LogP contribution is -2.26. The van der Waals surface area contributed by atoms with Crippen LogP contribution in [0.5, 0.6) is 0 Å². The number of rotatable bonds is 2. The number of amides is 1. The van der Waals surface area contributed by atoms with E-state index in [2.05, 4.69) is 27.6 Å². The molecule has 0 saturated carbocycles. The van der Waals surface area contributed by atoms with Gasteiger partial charge in [-0.25, -0.2) is 4.98 Å². The molecule has 0 bridgehead atoms. The first-order chi connectivity index (χ1) is 9.66. The van der Waals surface area contributed by atoms with Gasteiger partial charge >= 0.3 is 0 Å². The monoisotopic (exact) mass is 394 g/mol. The van der Waals surface area contributed by atoms with Crippen LogP contribution in [0.15, 0.2) is 48.5 Å². The molecule has 0 aliphatic heterocycles. The van der Waals surface area contributed by atoms with Gasteiger partial charge in [-0.2, -0.15) is 0 Å². The average Bonchev–Trinajstić information content (AvgIpc) is 2.90. The van der Waals surface area contributed by atoms with Crippen molar-refractivity contribution in [1.29, 1.82) is 0 Å². The number of halogens is 1. The number of hydrogen-bond donors (Lipinski definition) is 0. The number of fused-ring (bicyclic) bond motifs is 1. The zero-order chi connectivity index (χ0) is 14.1. The van der Waals surface area contributed by atoms with Crippen molar-refractivity contribution in [1.82, 2.24) is 4.98 Å². The highest BCUT2D eigenvalue weighted by Crippen LogP contribution is 2.29. The maximum absolute atomic E-state index is 12.5. The molecule has 0 aliphatic carbocycles. The van der Waals surface area contributed by atoms with Crippen LogP contribution >= 0.6 is 33.9 Å². The van der Waals surface area contributed by atoms with Crippen LogP contribution in [0, 0.1) is 3.57 Å². The first-order valence-electron chi connectivity index (χ1n) is 6.05. The number of carbonyl (C=O) groups excluding carboxylic acids is 1. The Morgan fingerprint density at radius 3 is 2.60 bits per heavy atom. The molecule has 0 aliphatic rings. The topological polar surface area (TPSA) is 33.2 Å². The van der Waals surface area contributed by atoms with E-state index in [9.17, 15) is 4.79 Å². The molecule has 3 nitrogen and oxygen atoms in total. The Labute approximate surface area is 134 Å². The third-order valence-electron chi connectivity index (χ3n) is 2.98. The molecule has 0 N–H and O–H groups in total. The molecule has 0 spiro atoms. The van der Waals surface area contributed by atoms with Crippen LogP contribution in [0.25, 0.3) is 10.2 Å². The van der Waals surface area contributed by atoms with E-state index in [-0.39, 0.29) is 5.91 Å². The van der Waals surface area contributed by atoms with E-state index < -0.39 is 0 Å². The van der Waals surface area contributed by atoms with Crippen LogP contribution in [-0.2, 0) is 0 Å². The molecular weight excluding hydrogens is 383 g/mol. The minimum atomic E-state index is -0.0333. The predicted molar refractivity (Wildman–Crippen MR) is 91.5 cm³/mol. The van der Waals surface area contributed by atoms with Gasteiger partial charge in [0.25, 0.3) is 5.91 Å². The van der Waals surface area contributed by atoms with Crippen LogP contribution in [0.3, 0.4) is 0 Å².